The van der Waals surface area contributed by atoms with Crippen molar-refractivity contribution in [1.29, 1.82) is 0 Å². The lowest BCUT2D eigenvalue weighted by Crippen LogP contribution is -2.33. The molecule has 0 amide bonds. The Kier molecular flexibility index (Phi) is 6.11. The molecular formula is C12H24O4S2. The SMILES string of the molecule is CCCCCCS(=O)(=O)C1CCCCCS1(=O)=O. The summed E-state index contributed by atoms with van der Waals surface area (Å²) in [6.45, 7) is 2.06. The molecule has 0 bridgehead atoms. The van der Waals surface area contributed by atoms with Crippen LogP contribution in [0.5, 0.6) is 0 Å². The van der Waals surface area contributed by atoms with Gasteiger partial charge in [0.25, 0.3) is 0 Å². The molecule has 1 saturated heterocycles. The molecule has 0 N–H and O–H groups in total. The van der Waals surface area contributed by atoms with Crippen LogP contribution in [0.2, 0.25) is 0 Å². The smallest absolute Gasteiger partial charge is 0.167 e. The first-order chi connectivity index (χ1) is 8.40. The number of hydrogen-bond donors (Lipinski definition) is 0. The van der Waals surface area contributed by atoms with Gasteiger partial charge in [0.2, 0.25) is 0 Å². The van der Waals surface area contributed by atoms with Crippen molar-refractivity contribution in [2.45, 2.75) is 62.9 Å². The first-order valence-corrected chi connectivity index (χ1v) is 10.3. The zero-order chi connectivity index (χ0) is 13.6. The number of rotatable bonds is 6. The summed E-state index contributed by atoms with van der Waals surface area (Å²) in [6.07, 6.45) is 5.92. The van der Waals surface area contributed by atoms with E-state index in [1.54, 1.807) is 0 Å². The van der Waals surface area contributed by atoms with Crippen LogP contribution in [0, 0.1) is 0 Å². The Hall–Kier alpha value is -0.100. The van der Waals surface area contributed by atoms with Crippen molar-refractivity contribution in [3.8, 4) is 0 Å². The van der Waals surface area contributed by atoms with Gasteiger partial charge in [-0.2, -0.15) is 0 Å². The zero-order valence-electron chi connectivity index (χ0n) is 11.1. The predicted octanol–water partition coefficient (Wildman–Crippen LogP) is 2.30. The van der Waals surface area contributed by atoms with Crippen LogP contribution in [0.1, 0.15) is 58.3 Å². The highest BCUT2D eigenvalue weighted by Gasteiger charge is 2.37. The summed E-state index contributed by atoms with van der Waals surface area (Å²) in [5.41, 5.74) is 0. The lowest BCUT2D eigenvalue weighted by atomic mass is 10.2. The highest BCUT2D eigenvalue weighted by Crippen LogP contribution is 2.24. The fraction of sp³-hybridized carbons (Fsp3) is 1.00. The maximum atomic E-state index is 12.1. The highest BCUT2D eigenvalue weighted by molar-refractivity contribution is 8.09. The Morgan fingerprint density at radius 1 is 1.06 bits per heavy atom. The van der Waals surface area contributed by atoms with Gasteiger partial charge in [-0.25, -0.2) is 16.8 Å². The van der Waals surface area contributed by atoms with Crippen molar-refractivity contribution in [3.63, 3.8) is 0 Å². The fourth-order valence-corrected chi connectivity index (χ4v) is 7.52. The highest BCUT2D eigenvalue weighted by atomic mass is 32.3. The summed E-state index contributed by atoms with van der Waals surface area (Å²) in [4.78, 5) is 0. The number of sulfone groups is 2. The molecule has 0 radical (unpaired) electrons. The van der Waals surface area contributed by atoms with Crippen LogP contribution >= 0.6 is 0 Å². The van der Waals surface area contributed by atoms with Crippen molar-refractivity contribution in [3.05, 3.63) is 0 Å². The molecule has 0 aromatic carbocycles. The zero-order valence-corrected chi connectivity index (χ0v) is 12.7. The monoisotopic (exact) mass is 296 g/mol. The quantitative estimate of drug-likeness (QED) is 0.705. The molecule has 4 nitrogen and oxygen atoms in total. The largest absolute Gasteiger partial charge is 0.227 e. The fourth-order valence-electron chi connectivity index (χ4n) is 2.37. The van der Waals surface area contributed by atoms with E-state index in [2.05, 4.69) is 6.92 Å². The second-order valence-corrected chi connectivity index (χ2v) is 9.98. The van der Waals surface area contributed by atoms with Gasteiger partial charge in [0.05, 0.1) is 11.5 Å². The minimum Gasteiger partial charge on any atom is -0.227 e. The third kappa shape index (κ3) is 4.53. The first-order valence-electron chi connectivity index (χ1n) is 6.83. The van der Waals surface area contributed by atoms with E-state index in [0.717, 1.165) is 25.7 Å². The van der Waals surface area contributed by atoms with Crippen LogP contribution in [0.25, 0.3) is 0 Å². The van der Waals surface area contributed by atoms with Crippen LogP contribution in [0.15, 0.2) is 0 Å². The molecule has 0 spiro atoms. The Labute approximate surface area is 111 Å². The van der Waals surface area contributed by atoms with Gasteiger partial charge < -0.3 is 0 Å². The molecule has 1 aliphatic rings. The van der Waals surface area contributed by atoms with E-state index in [1.165, 1.54) is 0 Å². The molecule has 6 heteroatoms. The third-order valence-electron chi connectivity index (χ3n) is 3.45. The summed E-state index contributed by atoms with van der Waals surface area (Å²) in [6, 6.07) is 0. The Bertz CT molecular complexity index is 437. The van der Waals surface area contributed by atoms with Crippen molar-refractivity contribution in [2.75, 3.05) is 11.5 Å². The molecule has 108 valence electrons. The molecule has 1 heterocycles. The molecule has 0 aromatic rings. The third-order valence-corrected chi connectivity index (χ3v) is 9.00. The van der Waals surface area contributed by atoms with Gasteiger partial charge in [0, 0.05) is 0 Å². The lowest BCUT2D eigenvalue weighted by Gasteiger charge is -2.15. The molecular weight excluding hydrogens is 272 g/mol. The van der Waals surface area contributed by atoms with Crippen LogP contribution in [0.4, 0.5) is 0 Å². The maximum absolute atomic E-state index is 12.1. The number of hydrogen-bond acceptors (Lipinski definition) is 4. The molecule has 18 heavy (non-hydrogen) atoms. The van der Waals surface area contributed by atoms with Crippen molar-refractivity contribution >= 4 is 19.7 Å². The van der Waals surface area contributed by atoms with Gasteiger partial charge in [0.1, 0.15) is 0 Å². The van der Waals surface area contributed by atoms with E-state index >= 15 is 0 Å². The lowest BCUT2D eigenvalue weighted by molar-refractivity contribution is 0.566. The second kappa shape index (κ2) is 6.89. The van der Waals surface area contributed by atoms with Crippen LogP contribution < -0.4 is 0 Å². The van der Waals surface area contributed by atoms with Crippen molar-refractivity contribution in [1.82, 2.24) is 0 Å². The molecule has 0 saturated carbocycles. The molecule has 1 rings (SSSR count). The minimum absolute atomic E-state index is 0.0247. The van der Waals surface area contributed by atoms with Crippen molar-refractivity contribution < 1.29 is 16.8 Å². The van der Waals surface area contributed by atoms with Gasteiger partial charge in [-0.05, 0) is 19.3 Å². The number of unbranched alkanes of at least 4 members (excludes halogenated alkanes) is 3. The van der Waals surface area contributed by atoms with E-state index in [1.807, 2.05) is 0 Å². The Balaban J connectivity index is 2.69. The van der Waals surface area contributed by atoms with Crippen molar-refractivity contribution in [2.24, 2.45) is 0 Å². The van der Waals surface area contributed by atoms with E-state index in [0.29, 0.717) is 25.7 Å². The summed E-state index contributed by atoms with van der Waals surface area (Å²) in [5.74, 6) is 0.0583. The standard InChI is InChI=1S/C12H24O4S2/c1-2-3-4-7-10-17(13,14)12-9-6-5-8-11-18(12,15)16/h12H,2-11H2,1H3. The van der Waals surface area contributed by atoms with E-state index in [4.69, 9.17) is 0 Å². The average Bonchev–Trinajstić information content (AvgIpc) is 2.45. The second-order valence-electron chi connectivity index (χ2n) is 5.07. The van der Waals surface area contributed by atoms with E-state index in [-0.39, 0.29) is 11.5 Å². The van der Waals surface area contributed by atoms with Gasteiger partial charge in [-0.1, -0.05) is 39.0 Å². The van der Waals surface area contributed by atoms with Gasteiger partial charge in [-0.15, -0.1) is 0 Å². The summed E-state index contributed by atoms with van der Waals surface area (Å²) >= 11 is 0. The van der Waals surface area contributed by atoms with Crippen LogP contribution in [0.3, 0.4) is 0 Å². The molecule has 1 unspecified atom stereocenters. The minimum atomic E-state index is -3.48. The van der Waals surface area contributed by atoms with Gasteiger partial charge >= 0.3 is 0 Å². The van der Waals surface area contributed by atoms with Gasteiger partial charge in [0.15, 0.2) is 24.3 Å². The van der Waals surface area contributed by atoms with Crippen LogP contribution in [-0.4, -0.2) is 32.9 Å². The average molecular weight is 296 g/mol. The molecule has 1 fully saturated rings. The topological polar surface area (TPSA) is 68.3 Å². The molecule has 1 atom stereocenters. The summed E-state index contributed by atoms with van der Waals surface area (Å²) in [7, 11) is -6.93. The summed E-state index contributed by atoms with van der Waals surface area (Å²) < 4.78 is 47.1. The normalized spacial score (nSPS) is 24.6. The maximum Gasteiger partial charge on any atom is 0.167 e. The van der Waals surface area contributed by atoms with E-state index in [9.17, 15) is 16.8 Å². The molecule has 0 aliphatic carbocycles. The van der Waals surface area contributed by atoms with E-state index < -0.39 is 24.3 Å². The van der Waals surface area contributed by atoms with Crippen LogP contribution in [-0.2, 0) is 19.7 Å². The van der Waals surface area contributed by atoms with Gasteiger partial charge in [-0.3, -0.25) is 0 Å². The Morgan fingerprint density at radius 3 is 2.44 bits per heavy atom. The molecule has 1 aliphatic heterocycles. The predicted molar refractivity (Wildman–Crippen MR) is 74.0 cm³/mol. The Morgan fingerprint density at radius 2 is 1.78 bits per heavy atom. The first kappa shape index (κ1) is 16.0. The molecule has 0 aromatic heterocycles. The summed E-state index contributed by atoms with van der Waals surface area (Å²) in [5, 5.41) is 0.